The molecule has 1 aromatic rings. The molecule has 1 aromatic carbocycles. The van der Waals surface area contributed by atoms with Crippen LogP contribution in [0.15, 0.2) is 30.0 Å². The van der Waals surface area contributed by atoms with Crippen LogP contribution in [0.25, 0.3) is 5.57 Å². The average Bonchev–Trinajstić information content (AvgIpc) is 2.90. The van der Waals surface area contributed by atoms with Crippen LogP contribution >= 0.6 is 0 Å². The van der Waals surface area contributed by atoms with Crippen LogP contribution in [0.2, 0.25) is 0 Å². The van der Waals surface area contributed by atoms with Gasteiger partial charge in [-0.15, -0.1) is 0 Å². The van der Waals surface area contributed by atoms with Gasteiger partial charge in [-0.25, -0.2) is 0 Å². The Morgan fingerprint density at radius 1 is 1.19 bits per heavy atom. The van der Waals surface area contributed by atoms with Gasteiger partial charge >= 0.3 is 0 Å². The van der Waals surface area contributed by atoms with Gasteiger partial charge in [0.25, 0.3) is 11.8 Å². The maximum absolute atomic E-state index is 13.2. The SMILES string of the molecule is CCCCN1C(=O)C(c2ccccc2OC)=C(N2CCCC(C)C2)C1=O. The predicted octanol–water partition coefficient (Wildman–Crippen LogP) is 3.31. The number of hydrogen-bond acceptors (Lipinski definition) is 4. The van der Waals surface area contributed by atoms with E-state index in [1.807, 2.05) is 24.3 Å². The van der Waals surface area contributed by atoms with E-state index in [2.05, 4.69) is 18.7 Å². The predicted molar refractivity (Wildman–Crippen MR) is 102 cm³/mol. The van der Waals surface area contributed by atoms with Crippen molar-refractivity contribution in [2.24, 2.45) is 5.92 Å². The second-order valence-electron chi connectivity index (χ2n) is 7.23. The monoisotopic (exact) mass is 356 g/mol. The van der Waals surface area contributed by atoms with E-state index in [1.165, 1.54) is 4.90 Å². The van der Waals surface area contributed by atoms with E-state index in [0.29, 0.717) is 35.0 Å². The van der Waals surface area contributed by atoms with Crippen molar-refractivity contribution in [3.8, 4) is 5.75 Å². The van der Waals surface area contributed by atoms with Crippen LogP contribution in [-0.2, 0) is 9.59 Å². The van der Waals surface area contributed by atoms with Crippen LogP contribution in [0.4, 0.5) is 0 Å². The van der Waals surface area contributed by atoms with Crippen molar-refractivity contribution < 1.29 is 14.3 Å². The molecular weight excluding hydrogens is 328 g/mol. The van der Waals surface area contributed by atoms with Gasteiger partial charge in [0.15, 0.2) is 0 Å². The van der Waals surface area contributed by atoms with E-state index in [1.54, 1.807) is 7.11 Å². The van der Waals surface area contributed by atoms with Crippen molar-refractivity contribution in [2.45, 2.75) is 39.5 Å². The molecule has 0 aromatic heterocycles. The number of hydrogen-bond donors (Lipinski definition) is 0. The fourth-order valence-corrected chi connectivity index (χ4v) is 3.86. The van der Waals surface area contributed by atoms with Crippen molar-refractivity contribution in [3.05, 3.63) is 35.5 Å². The fourth-order valence-electron chi connectivity index (χ4n) is 3.86. The zero-order valence-corrected chi connectivity index (χ0v) is 16.0. The highest BCUT2D eigenvalue weighted by atomic mass is 16.5. The van der Waals surface area contributed by atoms with Gasteiger partial charge in [0.2, 0.25) is 0 Å². The molecule has 2 aliphatic heterocycles. The van der Waals surface area contributed by atoms with E-state index in [0.717, 1.165) is 38.8 Å². The van der Waals surface area contributed by atoms with Gasteiger partial charge in [0.1, 0.15) is 11.4 Å². The summed E-state index contributed by atoms with van der Waals surface area (Å²) in [5.41, 5.74) is 1.76. The molecule has 1 atom stereocenters. The van der Waals surface area contributed by atoms with E-state index < -0.39 is 0 Å². The topological polar surface area (TPSA) is 49.9 Å². The maximum atomic E-state index is 13.2. The van der Waals surface area contributed by atoms with Gasteiger partial charge in [-0.3, -0.25) is 14.5 Å². The lowest BCUT2D eigenvalue weighted by atomic mass is 9.97. The second-order valence-corrected chi connectivity index (χ2v) is 7.23. The molecule has 0 aliphatic carbocycles. The number of likely N-dealkylation sites (tertiary alicyclic amines) is 1. The Bertz CT molecular complexity index is 726. The molecule has 2 heterocycles. The number of benzene rings is 1. The van der Waals surface area contributed by atoms with Crippen molar-refractivity contribution >= 4 is 17.4 Å². The molecule has 5 nitrogen and oxygen atoms in total. The van der Waals surface area contributed by atoms with E-state index in [9.17, 15) is 9.59 Å². The van der Waals surface area contributed by atoms with Crippen LogP contribution in [-0.4, -0.2) is 48.4 Å². The Morgan fingerprint density at radius 2 is 1.96 bits per heavy atom. The molecule has 3 rings (SSSR count). The molecule has 1 fully saturated rings. The maximum Gasteiger partial charge on any atom is 0.277 e. The third-order valence-electron chi connectivity index (χ3n) is 5.23. The van der Waals surface area contributed by atoms with Gasteiger partial charge < -0.3 is 9.64 Å². The summed E-state index contributed by atoms with van der Waals surface area (Å²) in [4.78, 5) is 29.9. The molecule has 0 saturated carbocycles. The molecule has 26 heavy (non-hydrogen) atoms. The molecule has 2 aliphatic rings. The Balaban J connectivity index is 2.08. The molecule has 0 radical (unpaired) electrons. The highest BCUT2D eigenvalue weighted by Gasteiger charge is 2.42. The number of unbranched alkanes of at least 4 members (excludes halogenated alkanes) is 1. The zero-order valence-electron chi connectivity index (χ0n) is 16.0. The van der Waals surface area contributed by atoms with E-state index >= 15 is 0 Å². The standard InChI is InChI=1S/C21H28N2O3/c1-4-5-13-23-20(24)18(16-10-6-7-11-17(16)26-3)19(21(23)25)22-12-8-9-15(2)14-22/h6-7,10-11,15H,4-5,8-9,12-14H2,1-3H3. The summed E-state index contributed by atoms with van der Waals surface area (Å²) in [5, 5.41) is 0. The largest absolute Gasteiger partial charge is 0.496 e. The Morgan fingerprint density at radius 3 is 2.65 bits per heavy atom. The highest BCUT2D eigenvalue weighted by molar-refractivity contribution is 6.36. The lowest BCUT2D eigenvalue weighted by molar-refractivity contribution is -0.137. The normalized spacial score (nSPS) is 21.0. The number of para-hydroxylation sites is 1. The minimum absolute atomic E-state index is 0.154. The first-order chi connectivity index (χ1) is 12.6. The van der Waals surface area contributed by atoms with Crippen molar-refractivity contribution in [1.82, 2.24) is 9.80 Å². The van der Waals surface area contributed by atoms with Crippen molar-refractivity contribution in [2.75, 3.05) is 26.7 Å². The van der Waals surface area contributed by atoms with Crippen LogP contribution in [0.5, 0.6) is 5.75 Å². The van der Waals surface area contributed by atoms with E-state index in [-0.39, 0.29) is 11.8 Å². The quantitative estimate of drug-likeness (QED) is 0.734. The summed E-state index contributed by atoms with van der Waals surface area (Å²) in [5.74, 6) is 0.797. The number of carbonyl (C=O) groups is 2. The molecule has 2 amide bonds. The minimum atomic E-state index is -0.193. The number of piperidine rings is 1. The number of imide groups is 1. The fraction of sp³-hybridized carbons (Fsp3) is 0.524. The van der Waals surface area contributed by atoms with Gasteiger partial charge in [0.05, 0.1) is 12.7 Å². The highest BCUT2D eigenvalue weighted by Crippen LogP contribution is 2.37. The summed E-state index contributed by atoms with van der Waals surface area (Å²) < 4.78 is 5.48. The third kappa shape index (κ3) is 3.35. The number of amides is 2. The van der Waals surface area contributed by atoms with Crippen LogP contribution in [0.3, 0.4) is 0 Å². The summed E-state index contributed by atoms with van der Waals surface area (Å²) in [7, 11) is 1.60. The number of methoxy groups -OCH3 is 1. The first kappa shape index (κ1) is 18.5. The van der Waals surface area contributed by atoms with Gasteiger partial charge in [-0.2, -0.15) is 0 Å². The summed E-state index contributed by atoms with van der Waals surface area (Å²) in [6.07, 6.45) is 3.97. The summed E-state index contributed by atoms with van der Waals surface area (Å²) in [6.45, 7) is 6.37. The summed E-state index contributed by atoms with van der Waals surface area (Å²) >= 11 is 0. The third-order valence-corrected chi connectivity index (χ3v) is 5.23. The van der Waals surface area contributed by atoms with Crippen LogP contribution < -0.4 is 4.74 Å². The average molecular weight is 356 g/mol. The molecular formula is C21H28N2O3. The molecule has 140 valence electrons. The molecule has 1 saturated heterocycles. The molecule has 0 spiro atoms. The summed E-state index contributed by atoms with van der Waals surface area (Å²) in [6, 6.07) is 7.47. The molecule has 0 bridgehead atoms. The smallest absolute Gasteiger partial charge is 0.277 e. The molecule has 5 heteroatoms. The first-order valence-electron chi connectivity index (χ1n) is 9.57. The minimum Gasteiger partial charge on any atom is -0.496 e. The van der Waals surface area contributed by atoms with Crippen molar-refractivity contribution in [1.29, 1.82) is 0 Å². The number of rotatable bonds is 6. The van der Waals surface area contributed by atoms with Gasteiger partial charge in [-0.1, -0.05) is 38.5 Å². The number of carbonyl (C=O) groups excluding carboxylic acids is 2. The first-order valence-corrected chi connectivity index (χ1v) is 9.57. The second kappa shape index (κ2) is 7.94. The zero-order chi connectivity index (χ0) is 18.7. The molecule has 0 N–H and O–H groups in total. The van der Waals surface area contributed by atoms with Crippen LogP contribution in [0, 0.1) is 5.92 Å². The Hall–Kier alpha value is -2.30. The van der Waals surface area contributed by atoms with Gasteiger partial charge in [0, 0.05) is 25.2 Å². The van der Waals surface area contributed by atoms with E-state index in [4.69, 9.17) is 4.74 Å². The van der Waals surface area contributed by atoms with Gasteiger partial charge in [-0.05, 0) is 31.2 Å². The van der Waals surface area contributed by atoms with Crippen molar-refractivity contribution in [3.63, 3.8) is 0 Å². The number of ether oxygens (including phenoxy) is 1. The Kier molecular flexibility index (Phi) is 5.64. The number of nitrogens with zero attached hydrogens (tertiary/aromatic N) is 2. The lowest BCUT2D eigenvalue weighted by Gasteiger charge is -2.33. The Labute approximate surface area is 155 Å². The lowest BCUT2D eigenvalue weighted by Crippen LogP contribution is -2.39. The molecule has 1 unspecified atom stereocenters. The van der Waals surface area contributed by atoms with Crippen LogP contribution in [0.1, 0.15) is 45.1 Å².